The van der Waals surface area contributed by atoms with Crippen molar-refractivity contribution in [2.45, 2.75) is 37.8 Å². The van der Waals surface area contributed by atoms with Crippen LogP contribution >= 0.6 is 0 Å². The molecule has 4 rings (SSSR count). The van der Waals surface area contributed by atoms with E-state index in [0.29, 0.717) is 5.92 Å². The minimum atomic E-state index is -4.39. The van der Waals surface area contributed by atoms with E-state index < -0.39 is 11.7 Å². The Hall–Kier alpha value is -2.17. The van der Waals surface area contributed by atoms with E-state index in [1.165, 1.54) is 31.6 Å². The summed E-state index contributed by atoms with van der Waals surface area (Å²) < 4.78 is 44.1. The molecule has 5 heteroatoms. The van der Waals surface area contributed by atoms with Gasteiger partial charge in [0.1, 0.15) is 5.75 Å². The minimum absolute atomic E-state index is 0.101. The summed E-state index contributed by atoms with van der Waals surface area (Å²) in [6.07, 6.45) is 0.364. The second-order valence-electron chi connectivity index (χ2n) is 8.06. The molecule has 2 aliphatic rings. The molecule has 2 aromatic carbocycles. The molecule has 1 saturated carbocycles. The van der Waals surface area contributed by atoms with Crippen LogP contribution in [0.2, 0.25) is 0 Å². The monoisotopic (exact) mass is 389 g/mol. The van der Waals surface area contributed by atoms with Crippen LogP contribution in [-0.2, 0) is 6.18 Å². The number of anilines is 1. The van der Waals surface area contributed by atoms with E-state index in [1.807, 2.05) is 0 Å². The fraction of sp³-hybridized carbons (Fsp3) is 0.478. The van der Waals surface area contributed by atoms with E-state index >= 15 is 0 Å². The molecule has 1 aliphatic heterocycles. The van der Waals surface area contributed by atoms with Crippen molar-refractivity contribution in [1.82, 2.24) is 0 Å². The average Bonchev–Trinajstić information content (AvgIpc) is 3.47. The second kappa shape index (κ2) is 7.69. The van der Waals surface area contributed by atoms with Crippen molar-refractivity contribution in [3.8, 4) is 5.75 Å². The Kier molecular flexibility index (Phi) is 5.26. The number of halogens is 3. The maximum Gasteiger partial charge on any atom is 0.419 e. The molecule has 0 aromatic heterocycles. The number of ether oxygens (including phenoxy) is 1. The summed E-state index contributed by atoms with van der Waals surface area (Å²) in [6.45, 7) is 1.78. The molecule has 2 nitrogen and oxygen atoms in total. The van der Waals surface area contributed by atoms with E-state index in [4.69, 9.17) is 4.74 Å². The minimum Gasteiger partial charge on any atom is -0.496 e. The first-order chi connectivity index (χ1) is 13.5. The van der Waals surface area contributed by atoms with Crippen LogP contribution in [0.15, 0.2) is 48.5 Å². The summed E-state index contributed by atoms with van der Waals surface area (Å²) in [5.74, 6) is 2.13. The van der Waals surface area contributed by atoms with Gasteiger partial charge in [0.15, 0.2) is 0 Å². The first-order valence-corrected chi connectivity index (χ1v) is 10.0. The van der Waals surface area contributed by atoms with Gasteiger partial charge in [-0.1, -0.05) is 30.3 Å². The van der Waals surface area contributed by atoms with E-state index in [1.54, 1.807) is 6.07 Å². The standard InChI is InChI=1S/C23H26F3NO/c1-28-22-15-19(7-8-21(22)23(24,25)26)27-11-9-16(10-12-27)13-18-14-20(18)17-5-3-2-4-6-17/h2-8,15-16,18,20H,9-14H2,1H3/t18-,20+/m1/s1. The predicted molar refractivity (Wildman–Crippen MR) is 105 cm³/mol. The van der Waals surface area contributed by atoms with Crippen LogP contribution < -0.4 is 9.64 Å². The van der Waals surface area contributed by atoms with Crippen LogP contribution in [0, 0.1) is 11.8 Å². The summed E-state index contributed by atoms with van der Waals surface area (Å²) in [6, 6.07) is 15.0. The molecule has 1 saturated heterocycles. The van der Waals surface area contributed by atoms with E-state index in [2.05, 4.69) is 35.2 Å². The lowest BCUT2D eigenvalue weighted by Crippen LogP contribution is -2.33. The number of nitrogens with zero attached hydrogens (tertiary/aromatic N) is 1. The molecule has 1 heterocycles. The zero-order valence-corrected chi connectivity index (χ0v) is 16.1. The normalized spacial score (nSPS) is 22.9. The molecule has 0 amide bonds. The number of hydrogen-bond donors (Lipinski definition) is 0. The molecule has 28 heavy (non-hydrogen) atoms. The Bertz CT molecular complexity index is 797. The van der Waals surface area contributed by atoms with Gasteiger partial charge in [0, 0.05) is 24.8 Å². The number of methoxy groups -OCH3 is 1. The van der Waals surface area contributed by atoms with Gasteiger partial charge in [-0.2, -0.15) is 13.2 Å². The SMILES string of the molecule is COc1cc(N2CCC(C[C@@H]3C[C@H]3c3ccccc3)CC2)ccc1C(F)(F)F. The Morgan fingerprint density at radius 2 is 1.75 bits per heavy atom. The third-order valence-electron chi connectivity index (χ3n) is 6.26. The lowest BCUT2D eigenvalue weighted by atomic mass is 9.90. The zero-order chi connectivity index (χ0) is 19.7. The van der Waals surface area contributed by atoms with Crippen LogP contribution in [0.5, 0.6) is 5.75 Å². The molecule has 2 aromatic rings. The molecular weight excluding hydrogens is 363 g/mol. The molecule has 2 atom stereocenters. The van der Waals surface area contributed by atoms with Crippen molar-refractivity contribution < 1.29 is 17.9 Å². The fourth-order valence-corrected chi connectivity index (χ4v) is 4.58. The van der Waals surface area contributed by atoms with Crippen LogP contribution in [0.3, 0.4) is 0 Å². The fourth-order valence-electron chi connectivity index (χ4n) is 4.58. The number of rotatable bonds is 5. The molecule has 1 aliphatic carbocycles. The van der Waals surface area contributed by atoms with Crippen molar-refractivity contribution in [2.24, 2.45) is 11.8 Å². The van der Waals surface area contributed by atoms with Crippen LogP contribution in [-0.4, -0.2) is 20.2 Å². The smallest absolute Gasteiger partial charge is 0.419 e. The summed E-state index contributed by atoms with van der Waals surface area (Å²) in [4.78, 5) is 2.18. The lowest BCUT2D eigenvalue weighted by Gasteiger charge is -2.34. The van der Waals surface area contributed by atoms with E-state index in [9.17, 15) is 13.2 Å². The highest BCUT2D eigenvalue weighted by atomic mass is 19.4. The van der Waals surface area contributed by atoms with Gasteiger partial charge in [-0.05, 0) is 61.1 Å². The molecular formula is C23H26F3NO. The Morgan fingerprint density at radius 1 is 1.04 bits per heavy atom. The van der Waals surface area contributed by atoms with Crippen molar-refractivity contribution >= 4 is 5.69 Å². The molecule has 2 fully saturated rings. The van der Waals surface area contributed by atoms with Gasteiger partial charge in [0.2, 0.25) is 0 Å². The average molecular weight is 389 g/mol. The number of piperidine rings is 1. The number of hydrogen-bond acceptors (Lipinski definition) is 2. The first kappa shape index (κ1) is 19.2. The first-order valence-electron chi connectivity index (χ1n) is 10.0. The van der Waals surface area contributed by atoms with Crippen molar-refractivity contribution in [2.75, 3.05) is 25.1 Å². The summed E-state index contributed by atoms with van der Waals surface area (Å²) in [5.41, 5.74) is 1.56. The van der Waals surface area contributed by atoms with Crippen LogP contribution in [0.1, 0.15) is 42.7 Å². The van der Waals surface area contributed by atoms with Crippen molar-refractivity contribution in [3.05, 3.63) is 59.7 Å². The quantitative estimate of drug-likeness (QED) is 0.610. The third-order valence-corrected chi connectivity index (χ3v) is 6.26. The number of alkyl halides is 3. The lowest BCUT2D eigenvalue weighted by molar-refractivity contribution is -0.138. The maximum atomic E-state index is 13.0. The topological polar surface area (TPSA) is 12.5 Å². The maximum absolute atomic E-state index is 13.0. The largest absolute Gasteiger partial charge is 0.496 e. The molecule has 0 unspecified atom stereocenters. The Labute approximate surface area is 164 Å². The number of benzene rings is 2. The van der Waals surface area contributed by atoms with E-state index in [-0.39, 0.29) is 5.75 Å². The van der Waals surface area contributed by atoms with Gasteiger partial charge in [-0.25, -0.2) is 0 Å². The molecule has 0 bridgehead atoms. The van der Waals surface area contributed by atoms with Gasteiger partial charge >= 0.3 is 6.18 Å². The third kappa shape index (κ3) is 4.13. The summed E-state index contributed by atoms with van der Waals surface area (Å²) in [5, 5.41) is 0. The van der Waals surface area contributed by atoms with Gasteiger partial charge in [0.05, 0.1) is 12.7 Å². The zero-order valence-electron chi connectivity index (χ0n) is 16.1. The summed E-state index contributed by atoms with van der Waals surface area (Å²) in [7, 11) is 1.29. The van der Waals surface area contributed by atoms with Crippen molar-refractivity contribution in [3.63, 3.8) is 0 Å². The van der Waals surface area contributed by atoms with Gasteiger partial charge in [-0.15, -0.1) is 0 Å². The van der Waals surface area contributed by atoms with Gasteiger partial charge in [-0.3, -0.25) is 0 Å². The van der Waals surface area contributed by atoms with Gasteiger partial charge < -0.3 is 9.64 Å². The molecule has 0 spiro atoms. The van der Waals surface area contributed by atoms with E-state index in [0.717, 1.165) is 49.5 Å². The highest BCUT2D eigenvalue weighted by Crippen LogP contribution is 2.51. The highest BCUT2D eigenvalue weighted by molar-refractivity contribution is 5.54. The molecule has 150 valence electrons. The Balaban J connectivity index is 1.32. The molecule has 0 radical (unpaired) electrons. The highest BCUT2D eigenvalue weighted by Gasteiger charge is 2.40. The van der Waals surface area contributed by atoms with Crippen LogP contribution in [0.25, 0.3) is 0 Å². The summed E-state index contributed by atoms with van der Waals surface area (Å²) >= 11 is 0. The molecule has 0 N–H and O–H groups in total. The predicted octanol–water partition coefficient (Wildman–Crippen LogP) is 6.12. The van der Waals surface area contributed by atoms with Gasteiger partial charge in [0.25, 0.3) is 0 Å². The second-order valence-corrected chi connectivity index (χ2v) is 8.06. The Morgan fingerprint density at radius 3 is 2.39 bits per heavy atom. The van der Waals surface area contributed by atoms with Crippen LogP contribution in [0.4, 0.5) is 18.9 Å². The van der Waals surface area contributed by atoms with Crippen molar-refractivity contribution in [1.29, 1.82) is 0 Å².